The molecular weight excluding hydrogens is 516 g/mol. The van der Waals surface area contributed by atoms with Crippen molar-refractivity contribution in [3.8, 4) is 0 Å². The number of alkyl halides is 1. The van der Waals surface area contributed by atoms with Gasteiger partial charge in [0, 0.05) is 6.42 Å². The van der Waals surface area contributed by atoms with Crippen LogP contribution in [0.15, 0.2) is 35.5 Å². The van der Waals surface area contributed by atoms with Crippen molar-refractivity contribution < 1.29 is 19.8 Å². The van der Waals surface area contributed by atoms with Crippen molar-refractivity contribution in [3.05, 3.63) is 35.5 Å². The summed E-state index contributed by atoms with van der Waals surface area (Å²) < 4.78 is 0. The molecule has 0 bridgehead atoms. The summed E-state index contributed by atoms with van der Waals surface area (Å²) in [5.41, 5.74) is 5.31. The van der Waals surface area contributed by atoms with Gasteiger partial charge in [-0.25, -0.2) is 0 Å². The normalized spacial score (nSPS) is 31.4. The van der Waals surface area contributed by atoms with Crippen molar-refractivity contribution in [2.24, 2.45) is 22.7 Å². The molecule has 0 aromatic heterocycles. The molecular formula is C31H49BrO4. The zero-order valence-electron chi connectivity index (χ0n) is 23.1. The summed E-state index contributed by atoms with van der Waals surface area (Å²) in [5.74, 6) is 0.673. The van der Waals surface area contributed by atoms with Gasteiger partial charge in [0.1, 0.15) is 11.4 Å². The molecule has 36 heavy (non-hydrogen) atoms. The molecule has 0 heterocycles. The monoisotopic (exact) mass is 564 g/mol. The molecule has 4 aliphatic carbocycles. The Morgan fingerprint density at radius 2 is 1.72 bits per heavy atom. The van der Waals surface area contributed by atoms with Gasteiger partial charge >= 0.3 is 5.97 Å². The average molecular weight is 566 g/mol. The number of fused-ring (bicyclic) bond motifs is 1. The van der Waals surface area contributed by atoms with E-state index < -0.39 is 12.1 Å². The summed E-state index contributed by atoms with van der Waals surface area (Å²) in [6, 6.07) is 0. The molecule has 204 valence electrons. The van der Waals surface area contributed by atoms with Gasteiger partial charge in [0.05, 0.1) is 0 Å². The number of aliphatic hydroxyl groups excluding tert-OH is 1. The number of halogens is 1. The fourth-order valence-corrected chi connectivity index (χ4v) is 7.16. The first-order valence-corrected chi connectivity index (χ1v) is 15.3. The molecule has 4 fully saturated rings. The molecule has 0 aromatic carbocycles. The molecule has 0 amide bonds. The largest absolute Gasteiger partial charge is 0.481 e. The van der Waals surface area contributed by atoms with Gasteiger partial charge in [-0.15, -0.1) is 0 Å². The SMILES string of the molecule is C=C1CCCC/C1=C/C=C1\CCC[C@@]2(C)C1CCC2C1(CCC(=O)C(C)O)CC1.CC.O=C(O)CBr. The molecule has 0 aromatic rings. The van der Waals surface area contributed by atoms with E-state index in [1.165, 1.54) is 81.8 Å². The van der Waals surface area contributed by atoms with Crippen molar-refractivity contribution >= 4 is 27.7 Å². The van der Waals surface area contributed by atoms with Gasteiger partial charge in [0.15, 0.2) is 5.78 Å². The molecule has 2 N–H and O–H groups in total. The van der Waals surface area contributed by atoms with E-state index in [4.69, 9.17) is 5.11 Å². The second-order valence-corrected chi connectivity index (χ2v) is 11.9. The van der Waals surface area contributed by atoms with E-state index in [1.54, 1.807) is 12.5 Å². The summed E-state index contributed by atoms with van der Waals surface area (Å²) in [4.78, 5) is 21.4. The molecule has 4 nitrogen and oxygen atoms in total. The van der Waals surface area contributed by atoms with E-state index in [-0.39, 0.29) is 11.1 Å². The van der Waals surface area contributed by atoms with Gasteiger partial charge in [-0.2, -0.15) is 0 Å². The molecule has 0 saturated heterocycles. The number of aliphatic carboxylic acids is 1. The molecule has 4 saturated carbocycles. The second kappa shape index (κ2) is 14.1. The van der Waals surface area contributed by atoms with Crippen LogP contribution >= 0.6 is 15.9 Å². The lowest BCUT2D eigenvalue weighted by Gasteiger charge is -2.45. The number of hydrogen-bond acceptors (Lipinski definition) is 3. The number of carbonyl (C=O) groups is 2. The zero-order chi connectivity index (χ0) is 26.9. The Kier molecular flexibility index (Phi) is 12.1. The molecule has 4 rings (SSSR count). The summed E-state index contributed by atoms with van der Waals surface area (Å²) in [6.45, 7) is 12.5. The van der Waals surface area contributed by atoms with Crippen LogP contribution in [0.2, 0.25) is 0 Å². The minimum atomic E-state index is -0.829. The predicted molar refractivity (Wildman–Crippen MR) is 152 cm³/mol. The number of aliphatic hydroxyl groups is 1. The first kappa shape index (κ1) is 31.0. The van der Waals surface area contributed by atoms with Gasteiger partial charge in [-0.05, 0) is 112 Å². The van der Waals surface area contributed by atoms with E-state index in [9.17, 15) is 14.7 Å². The van der Waals surface area contributed by atoms with E-state index >= 15 is 0 Å². The first-order chi connectivity index (χ1) is 17.1. The van der Waals surface area contributed by atoms with Crippen LogP contribution in [0.4, 0.5) is 0 Å². The third-order valence-electron chi connectivity index (χ3n) is 9.17. The predicted octanol–water partition coefficient (Wildman–Crippen LogP) is 8.19. The number of carbonyl (C=O) groups excluding carboxylic acids is 1. The molecule has 5 heteroatoms. The Balaban J connectivity index is 0.000000583. The Bertz CT molecular complexity index is 836. The van der Waals surface area contributed by atoms with Crippen molar-refractivity contribution in [3.63, 3.8) is 0 Å². The van der Waals surface area contributed by atoms with E-state index in [2.05, 4.69) is 41.6 Å². The van der Waals surface area contributed by atoms with Crippen LogP contribution in [0.5, 0.6) is 0 Å². The third-order valence-corrected chi connectivity index (χ3v) is 9.65. The molecule has 3 unspecified atom stereocenters. The van der Waals surface area contributed by atoms with Crippen LogP contribution in [0, 0.1) is 22.7 Å². The summed E-state index contributed by atoms with van der Waals surface area (Å²) in [7, 11) is 0. The van der Waals surface area contributed by atoms with Gasteiger partial charge in [0.25, 0.3) is 0 Å². The van der Waals surface area contributed by atoms with Crippen molar-refractivity contribution in [1.82, 2.24) is 0 Å². The molecule has 4 atom stereocenters. The highest BCUT2D eigenvalue weighted by molar-refractivity contribution is 9.09. The van der Waals surface area contributed by atoms with Gasteiger partial charge in [-0.1, -0.05) is 66.6 Å². The Labute approximate surface area is 227 Å². The van der Waals surface area contributed by atoms with Crippen LogP contribution in [-0.2, 0) is 9.59 Å². The number of carboxylic acid groups (broad SMARTS) is 1. The maximum atomic E-state index is 12.0. The first-order valence-electron chi connectivity index (χ1n) is 14.2. The van der Waals surface area contributed by atoms with E-state index in [0.717, 1.165) is 18.3 Å². The second-order valence-electron chi connectivity index (χ2n) is 11.3. The highest BCUT2D eigenvalue weighted by Crippen LogP contribution is 2.70. The van der Waals surface area contributed by atoms with Gasteiger partial charge < -0.3 is 10.2 Å². The minimum Gasteiger partial charge on any atom is -0.481 e. The fourth-order valence-electron chi connectivity index (χ4n) is 7.16. The van der Waals surface area contributed by atoms with Crippen LogP contribution in [0.25, 0.3) is 0 Å². The molecule has 4 aliphatic rings. The average Bonchev–Trinajstić information content (AvgIpc) is 3.56. The Morgan fingerprint density at radius 3 is 2.28 bits per heavy atom. The van der Waals surface area contributed by atoms with Crippen LogP contribution in [0.1, 0.15) is 111 Å². The van der Waals surface area contributed by atoms with Gasteiger partial charge in [0.2, 0.25) is 0 Å². The highest BCUT2D eigenvalue weighted by Gasteiger charge is 2.60. The maximum Gasteiger partial charge on any atom is 0.314 e. The number of carboxylic acids is 1. The van der Waals surface area contributed by atoms with Crippen LogP contribution < -0.4 is 0 Å². The maximum absolute atomic E-state index is 12.0. The Hall–Kier alpha value is -1.20. The summed E-state index contributed by atoms with van der Waals surface area (Å²) in [6.07, 6.45) is 19.8. The topological polar surface area (TPSA) is 74.6 Å². The van der Waals surface area contributed by atoms with Crippen molar-refractivity contribution in [2.45, 2.75) is 117 Å². The number of ketones is 1. The number of allylic oxidation sites excluding steroid dienone is 5. The molecule has 0 spiro atoms. The minimum absolute atomic E-state index is 0.0274. The number of rotatable bonds is 7. The fraction of sp³-hybridized carbons (Fsp3) is 0.742. The van der Waals surface area contributed by atoms with Crippen molar-refractivity contribution in [1.29, 1.82) is 0 Å². The van der Waals surface area contributed by atoms with Gasteiger partial charge in [-0.3, -0.25) is 9.59 Å². The van der Waals surface area contributed by atoms with Crippen molar-refractivity contribution in [2.75, 3.05) is 5.33 Å². The summed E-state index contributed by atoms with van der Waals surface area (Å²) >= 11 is 2.71. The molecule has 0 radical (unpaired) electrons. The van der Waals surface area contributed by atoms with Crippen LogP contribution in [-0.4, -0.2) is 33.4 Å². The van der Waals surface area contributed by atoms with Crippen LogP contribution in [0.3, 0.4) is 0 Å². The standard InChI is InChI=1S/C27H40O2.C2H3BrO2.C2H6/c1-19-7-4-5-8-21(19)10-11-22-9-6-15-26(3)23(22)12-13-25(26)27(17-18-27)16-14-24(29)20(2)28;3-1-2(4)5;1-2/h10-11,20,23,25,28H,1,4-9,12-18H2,2-3H3;1H2,(H,4,5);1-2H3/b21-10-,22-11+;;/t20?,23?,25?,26-;;/m0../s1. The van der Waals surface area contributed by atoms with E-state index in [0.29, 0.717) is 17.3 Å². The van der Waals surface area contributed by atoms with E-state index in [1.807, 2.05) is 13.8 Å². The lowest BCUT2D eigenvalue weighted by molar-refractivity contribution is -0.133. The number of hydrogen-bond donors (Lipinski definition) is 2. The molecule has 0 aliphatic heterocycles. The number of Topliss-reactive ketones (excluding diaryl/α,β-unsaturated/α-hetero) is 1. The zero-order valence-corrected chi connectivity index (χ0v) is 24.7. The lowest BCUT2D eigenvalue weighted by atomic mass is 9.59. The summed E-state index contributed by atoms with van der Waals surface area (Å²) in [5, 5.41) is 17.3. The third kappa shape index (κ3) is 7.66. The lowest BCUT2D eigenvalue weighted by Crippen LogP contribution is -2.37. The quantitative estimate of drug-likeness (QED) is 0.305. The highest BCUT2D eigenvalue weighted by atomic mass is 79.9. The smallest absolute Gasteiger partial charge is 0.314 e. The Morgan fingerprint density at radius 1 is 1.08 bits per heavy atom.